The normalized spacial score (nSPS) is 10.8. The molecule has 0 bridgehead atoms. The Morgan fingerprint density at radius 1 is 0.862 bits per heavy atom. The number of ether oxygens (including phenoxy) is 1. The highest BCUT2D eigenvalue weighted by Gasteiger charge is 2.19. The Morgan fingerprint density at radius 2 is 1.59 bits per heavy atom. The highest BCUT2D eigenvalue weighted by molar-refractivity contribution is 5.97. The van der Waals surface area contributed by atoms with Gasteiger partial charge in [-0.05, 0) is 28.8 Å². The van der Waals surface area contributed by atoms with E-state index in [1.807, 2.05) is 54.6 Å². The number of rotatable bonds is 8. The highest BCUT2D eigenvalue weighted by Crippen LogP contribution is 2.23. The van der Waals surface area contributed by atoms with Gasteiger partial charge in [0.05, 0.1) is 19.5 Å². The van der Waals surface area contributed by atoms with Gasteiger partial charge >= 0.3 is 0 Å². The summed E-state index contributed by atoms with van der Waals surface area (Å²) in [5.74, 6) is 0.464. The molecule has 0 aliphatic carbocycles. The molecule has 2 heterocycles. The third-order valence-corrected chi connectivity index (χ3v) is 4.38. The van der Waals surface area contributed by atoms with Crippen LogP contribution in [-0.2, 0) is 24.5 Å². The van der Waals surface area contributed by atoms with Crippen molar-refractivity contribution in [1.29, 1.82) is 0 Å². The molecule has 0 atom stereocenters. The smallest absolute Gasteiger partial charge is 0.274 e. The van der Waals surface area contributed by atoms with Crippen LogP contribution in [0.3, 0.4) is 0 Å². The third kappa shape index (κ3) is 4.80. The average molecular weight is 388 g/mol. The topological polar surface area (TPSA) is 77.5 Å². The Kier molecular flexibility index (Phi) is 5.83. The van der Waals surface area contributed by atoms with E-state index in [4.69, 9.17) is 13.6 Å². The van der Waals surface area contributed by atoms with Crippen LogP contribution in [-0.4, -0.2) is 10.9 Å². The van der Waals surface area contributed by atoms with Gasteiger partial charge in [-0.1, -0.05) is 54.6 Å². The summed E-state index contributed by atoms with van der Waals surface area (Å²) < 4.78 is 16.3. The van der Waals surface area contributed by atoms with Crippen LogP contribution in [0.5, 0.6) is 0 Å². The first-order chi connectivity index (χ1) is 14.3. The van der Waals surface area contributed by atoms with Gasteiger partial charge in [0.2, 0.25) is 5.76 Å². The lowest BCUT2D eigenvalue weighted by Crippen LogP contribution is -2.23. The predicted octanol–water partition coefficient (Wildman–Crippen LogP) is 4.58. The number of nitrogens with one attached hydrogen (secondary N) is 1. The van der Waals surface area contributed by atoms with Crippen LogP contribution in [0.2, 0.25) is 0 Å². The second-order valence-corrected chi connectivity index (χ2v) is 6.48. The number of carbonyl (C=O) groups excluding carboxylic acids is 1. The van der Waals surface area contributed by atoms with E-state index in [-0.39, 0.29) is 11.6 Å². The Morgan fingerprint density at radius 3 is 2.31 bits per heavy atom. The monoisotopic (exact) mass is 388 g/mol. The van der Waals surface area contributed by atoms with Gasteiger partial charge in [0.25, 0.3) is 5.91 Å². The number of carbonyl (C=O) groups is 1. The lowest BCUT2D eigenvalue weighted by atomic mass is 10.1. The minimum atomic E-state index is -0.319. The van der Waals surface area contributed by atoms with E-state index in [2.05, 4.69) is 10.3 Å². The zero-order valence-electron chi connectivity index (χ0n) is 15.7. The molecule has 0 radical (unpaired) electrons. The Hall–Kier alpha value is -3.64. The molecule has 0 saturated carbocycles. The molecule has 0 aliphatic heterocycles. The number of nitrogens with zero attached hydrogens (tertiary/aromatic N) is 1. The Labute approximate surface area is 168 Å². The Balaban J connectivity index is 1.28. The molecule has 0 fully saturated rings. The van der Waals surface area contributed by atoms with E-state index in [0.717, 1.165) is 16.7 Å². The van der Waals surface area contributed by atoms with Crippen molar-refractivity contribution in [3.63, 3.8) is 0 Å². The third-order valence-electron chi connectivity index (χ3n) is 4.38. The van der Waals surface area contributed by atoms with E-state index >= 15 is 0 Å². The summed E-state index contributed by atoms with van der Waals surface area (Å²) in [6.45, 7) is 1.50. The number of amides is 1. The molecule has 0 unspecified atom stereocenters. The second kappa shape index (κ2) is 9.03. The largest absolute Gasteiger partial charge is 0.461 e. The molecule has 0 spiro atoms. The van der Waals surface area contributed by atoms with Crippen molar-refractivity contribution in [2.45, 2.75) is 19.8 Å². The van der Waals surface area contributed by atoms with E-state index in [0.29, 0.717) is 31.3 Å². The molecular formula is C23H20N2O4. The standard InChI is InChI=1S/C23H20N2O4/c26-23(21-22(29-16-25-21)20-7-4-12-28-20)24-13-17-8-10-19(11-9-17)15-27-14-18-5-2-1-3-6-18/h1-12,16H,13-15H2,(H,24,26). The Bertz CT molecular complexity index is 1040. The number of hydrogen-bond donors (Lipinski definition) is 1. The molecule has 1 amide bonds. The summed E-state index contributed by atoms with van der Waals surface area (Å²) in [7, 11) is 0. The van der Waals surface area contributed by atoms with Gasteiger partial charge in [0, 0.05) is 6.54 Å². The molecule has 146 valence electrons. The molecule has 1 N–H and O–H groups in total. The zero-order chi connectivity index (χ0) is 19.9. The molecule has 4 rings (SSSR count). The van der Waals surface area contributed by atoms with Crippen molar-refractivity contribution in [3.05, 3.63) is 102 Å². The van der Waals surface area contributed by atoms with Crippen molar-refractivity contribution >= 4 is 5.91 Å². The molecule has 4 aromatic rings. The number of hydrogen-bond acceptors (Lipinski definition) is 5. The molecule has 6 heteroatoms. The van der Waals surface area contributed by atoms with Crippen molar-refractivity contribution < 1.29 is 18.4 Å². The van der Waals surface area contributed by atoms with Crippen LogP contribution in [0.25, 0.3) is 11.5 Å². The van der Waals surface area contributed by atoms with Crippen molar-refractivity contribution in [1.82, 2.24) is 10.3 Å². The summed E-state index contributed by atoms with van der Waals surface area (Å²) >= 11 is 0. The van der Waals surface area contributed by atoms with Crippen LogP contribution in [0.1, 0.15) is 27.2 Å². The van der Waals surface area contributed by atoms with E-state index in [1.165, 1.54) is 12.7 Å². The van der Waals surface area contributed by atoms with Crippen LogP contribution < -0.4 is 5.32 Å². The highest BCUT2D eigenvalue weighted by atomic mass is 16.5. The van der Waals surface area contributed by atoms with Crippen LogP contribution in [0.4, 0.5) is 0 Å². The maximum absolute atomic E-state index is 12.4. The summed E-state index contributed by atoms with van der Waals surface area (Å²) in [4.78, 5) is 16.4. The lowest BCUT2D eigenvalue weighted by molar-refractivity contribution is 0.0946. The average Bonchev–Trinajstić information content (AvgIpc) is 3.45. The van der Waals surface area contributed by atoms with Crippen LogP contribution in [0.15, 0.2) is 88.2 Å². The molecule has 2 aromatic heterocycles. The van der Waals surface area contributed by atoms with Crippen LogP contribution in [0, 0.1) is 0 Å². The van der Waals surface area contributed by atoms with E-state index < -0.39 is 0 Å². The van der Waals surface area contributed by atoms with Gasteiger partial charge in [0.1, 0.15) is 0 Å². The summed E-state index contributed by atoms with van der Waals surface area (Å²) in [6.07, 6.45) is 2.75. The minimum absolute atomic E-state index is 0.200. The quantitative estimate of drug-likeness (QED) is 0.478. The van der Waals surface area contributed by atoms with Crippen molar-refractivity contribution in [3.8, 4) is 11.5 Å². The number of benzene rings is 2. The summed E-state index contributed by atoms with van der Waals surface area (Å²) in [5.41, 5.74) is 3.40. The van der Waals surface area contributed by atoms with Crippen LogP contribution >= 0.6 is 0 Å². The molecule has 2 aromatic carbocycles. The van der Waals surface area contributed by atoms with Crippen molar-refractivity contribution in [2.24, 2.45) is 0 Å². The molecular weight excluding hydrogens is 368 g/mol. The van der Waals surface area contributed by atoms with Gasteiger partial charge in [-0.3, -0.25) is 4.79 Å². The molecule has 0 saturated heterocycles. The van der Waals surface area contributed by atoms with Crippen molar-refractivity contribution in [2.75, 3.05) is 0 Å². The number of furan rings is 1. The zero-order valence-corrected chi connectivity index (χ0v) is 15.7. The van der Waals surface area contributed by atoms with Gasteiger partial charge in [0.15, 0.2) is 17.8 Å². The van der Waals surface area contributed by atoms with Gasteiger partial charge in [-0.25, -0.2) is 4.98 Å². The first-order valence-electron chi connectivity index (χ1n) is 9.24. The van der Waals surface area contributed by atoms with E-state index in [9.17, 15) is 4.79 Å². The molecule has 6 nitrogen and oxygen atoms in total. The maximum Gasteiger partial charge on any atom is 0.274 e. The molecule has 0 aliphatic rings. The van der Waals surface area contributed by atoms with Gasteiger partial charge < -0.3 is 18.9 Å². The second-order valence-electron chi connectivity index (χ2n) is 6.48. The predicted molar refractivity (Wildman–Crippen MR) is 107 cm³/mol. The molecule has 29 heavy (non-hydrogen) atoms. The fraction of sp³-hybridized carbons (Fsp3) is 0.130. The SMILES string of the molecule is O=C(NCc1ccc(COCc2ccccc2)cc1)c1ncoc1-c1ccco1. The first kappa shape index (κ1) is 18.7. The summed E-state index contributed by atoms with van der Waals surface area (Å²) in [6, 6.07) is 21.4. The maximum atomic E-state index is 12.4. The fourth-order valence-corrected chi connectivity index (χ4v) is 2.87. The fourth-order valence-electron chi connectivity index (χ4n) is 2.87. The van der Waals surface area contributed by atoms with E-state index in [1.54, 1.807) is 12.1 Å². The lowest BCUT2D eigenvalue weighted by Gasteiger charge is -2.07. The first-order valence-corrected chi connectivity index (χ1v) is 9.24. The number of aromatic nitrogens is 1. The minimum Gasteiger partial charge on any atom is -0.461 e. The van der Waals surface area contributed by atoms with Gasteiger partial charge in [-0.15, -0.1) is 0 Å². The van der Waals surface area contributed by atoms with Gasteiger partial charge in [-0.2, -0.15) is 0 Å². The summed E-state index contributed by atoms with van der Waals surface area (Å²) in [5, 5.41) is 2.85. The number of oxazole rings is 1.